The Balaban J connectivity index is 1.28. The van der Waals surface area contributed by atoms with Crippen molar-refractivity contribution in [1.29, 1.82) is 0 Å². The van der Waals surface area contributed by atoms with E-state index >= 15 is 0 Å². The van der Waals surface area contributed by atoms with E-state index in [9.17, 15) is 19.5 Å². The lowest BCUT2D eigenvalue weighted by Crippen LogP contribution is -2.20. The third kappa shape index (κ3) is 11.5. The molecule has 10 heteroatoms. The van der Waals surface area contributed by atoms with Crippen LogP contribution in [-0.2, 0) is 14.4 Å². The number of rotatable bonds is 15. The number of nitrogens with one attached hydrogen (secondary N) is 2. The fourth-order valence-corrected chi connectivity index (χ4v) is 4.37. The molecule has 2 amide bonds. The molecule has 0 aliphatic rings. The first-order valence-corrected chi connectivity index (χ1v) is 15.3. The molecule has 10 nitrogen and oxygen atoms in total. The molecule has 4 rings (SSSR count). The van der Waals surface area contributed by atoms with E-state index in [1.54, 1.807) is 48.6 Å². The van der Waals surface area contributed by atoms with Crippen LogP contribution in [0.3, 0.4) is 0 Å². The summed E-state index contributed by atoms with van der Waals surface area (Å²) in [5, 5.41) is 15.9. The van der Waals surface area contributed by atoms with Gasteiger partial charge in [-0.15, -0.1) is 0 Å². The Labute approximate surface area is 285 Å². The standard InChI is InChI=1S/C39H38N2O8/c1-26-5-13-30(14-6-26)40-38(44)24-48-34-19-11-28(21-36(34)46-3)9-17-32(42)23-33(43)18-10-29-12-20-35(37(22-29)47-4)49-25-39(45)41-31-15-7-27(2)8-16-31/h5-23,42H,24-25H2,1-4H3,(H,40,44)(H,41,45)/b17-9+,18-10+,32-23?. The largest absolute Gasteiger partial charge is 0.508 e. The maximum absolute atomic E-state index is 12.5. The first-order valence-electron chi connectivity index (χ1n) is 15.3. The highest BCUT2D eigenvalue weighted by molar-refractivity contribution is 6.02. The maximum atomic E-state index is 12.5. The van der Waals surface area contributed by atoms with Crippen molar-refractivity contribution in [2.24, 2.45) is 0 Å². The molecule has 0 aliphatic heterocycles. The topological polar surface area (TPSA) is 132 Å². The number of carbonyl (C=O) groups is 3. The molecule has 0 saturated heterocycles. The molecule has 0 spiro atoms. The molecular weight excluding hydrogens is 624 g/mol. The first kappa shape index (κ1) is 35.6. The van der Waals surface area contributed by atoms with Crippen LogP contribution in [0.2, 0.25) is 0 Å². The molecule has 0 aromatic heterocycles. The Bertz CT molecular complexity index is 1860. The zero-order valence-corrected chi connectivity index (χ0v) is 27.7. The fourth-order valence-electron chi connectivity index (χ4n) is 4.37. The van der Waals surface area contributed by atoms with Crippen molar-refractivity contribution in [2.45, 2.75) is 13.8 Å². The van der Waals surface area contributed by atoms with Crippen molar-refractivity contribution in [3.63, 3.8) is 0 Å². The molecule has 49 heavy (non-hydrogen) atoms. The number of hydrogen-bond acceptors (Lipinski definition) is 8. The van der Waals surface area contributed by atoms with E-state index in [2.05, 4.69) is 10.6 Å². The summed E-state index contributed by atoms with van der Waals surface area (Å²) >= 11 is 0. The summed E-state index contributed by atoms with van der Waals surface area (Å²) < 4.78 is 22.1. The zero-order chi connectivity index (χ0) is 35.2. The van der Waals surface area contributed by atoms with Gasteiger partial charge in [-0.05, 0) is 85.7 Å². The summed E-state index contributed by atoms with van der Waals surface area (Å²) in [6.07, 6.45) is 6.93. The van der Waals surface area contributed by atoms with Crippen LogP contribution < -0.4 is 29.6 Å². The minimum atomic E-state index is -0.445. The van der Waals surface area contributed by atoms with E-state index < -0.39 is 5.78 Å². The average Bonchev–Trinajstić information content (AvgIpc) is 3.10. The molecule has 0 heterocycles. The van der Waals surface area contributed by atoms with Crippen molar-refractivity contribution in [2.75, 3.05) is 38.1 Å². The minimum Gasteiger partial charge on any atom is -0.508 e. The number of ether oxygens (including phenoxy) is 4. The number of carbonyl (C=O) groups excluding carboxylic acids is 3. The van der Waals surface area contributed by atoms with E-state index in [0.29, 0.717) is 45.5 Å². The number of anilines is 2. The molecule has 0 bridgehead atoms. The number of allylic oxidation sites excluding steroid dienone is 3. The van der Waals surface area contributed by atoms with E-state index in [0.717, 1.165) is 17.2 Å². The van der Waals surface area contributed by atoms with E-state index in [-0.39, 0.29) is 30.8 Å². The van der Waals surface area contributed by atoms with Crippen LogP contribution in [0.15, 0.2) is 109 Å². The van der Waals surface area contributed by atoms with Crippen LogP contribution in [0.5, 0.6) is 23.0 Å². The molecule has 3 N–H and O–H groups in total. The van der Waals surface area contributed by atoms with Gasteiger partial charge in [0.2, 0.25) is 0 Å². The lowest BCUT2D eigenvalue weighted by atomic mass is 10.1. The van der Waals surface area contributed by atoms with Gasteiger partial charge in [-0.1, -0.05) is 59.7 Å². The van der Waals surface area contributed by atoms with Gasteiger partial charge in [-0.3, -0.25) is 14.4 Å². The quantitative estimate of drug-likeness (QED) is 0.0698. The van der Waals surface area contributed by atoms with Crippen LogP contribution >= 0.6 is 0 Å². The summed E-state index contributed by atoms with van der Waals surface area (Å²) in [5.41, 5.74) is 4.83. The lowest BCUT2D eigenvalue weighted by Gasteiger charge is -2.11. The molecule has 0 aliphatic carbocycles. The summed E-state index contributed by atoms with van der Waals surface area (Å²) in [4.78, 5) is 37.1. The minimum absolute atomic E-state index is 0.211. The number of benzene rings is 4. The second-order valence-electron chi connectivity index (χ2n) is 10.9. The molecule has 0 fully saturated rings. The Morgan fingerprint density at radius 3 is 1.47 bits per heavy atom. The van der Waals surface area contributed by atoms with Gasteiger partial charge in [-0.2, -0.15) is 0 Å². The number of ketones is 1. The van der Waals surface area contributed by atoms with Gasteiger partial charge in [0.1, 0.15) is 5.76 Å². The molecule has 252 valence electrons. The molecule has 0 radical (unpaired) electrons. The molecule has 0 atom stereocenters. The van der Waals surface area contributed by atoms with Gasteiger partial charge in [0.05, 0.1) is 14.2 Å². The Hall–Kier alpha value is -6.29. The summed E-state index contributed by atoms with van der Waals surface area (Å²) in [7, 11) is 2.95. The number of aryl methyl sites for hydroxylation is 2. The molecule has 4 aromatic rings. The van der Waals surface area contributed by atoms with Crippen LogP contribution in [0, 0.1) is 13.8 Å². The highest BCUT2D eigenvalue weighted by atomic mass is 16.5. The number of aliphatic hydroxyl groups is 1. The molecule has 0 saturated carbocycles. The predicted molar refractivity (Wildman–Crippen MR) is 190 cm³/mol. The zero-order valence-electron chi connectivity index (χ0n) is 27.7. The van der Waals surface area contributed by atoms with Crippen LogP contribution in [0.25, 0.3) is 12.2 Å². The summed E-state index contributed by atoms with van der Waals surface area (Å²) in [6, 6.07) is 24.9. The maximum Gasteiger partial charge on any atom is 0.262 e. The molecule has 0 unspecified atom stereocenters. The van der Waals surface area contributed by atoms with Gasteiger partial charge >= 0.3 is 0 Å². The number of amides is 2. The van der Waals surface area contributed by atoms with E-state index in [1.165, 1.54) is 26.4 Å². The first-order chi connectivity index (χ1) is 23.6. The Kier molecular flexibility index (Phi) is 12.8. The monoisotopic (exact) mass is 662 g/mol. The number of aliphatic hydroxyl groups excluding tert-OH is 1. The summed E-state index contributed by atoms with van der Waals surface area (Å²) in [5.74, 6) is 0.186. The van der Waals surface area contributed by atoms with Crippen molar-refractivity contribution < 1.29 is 38.4 Å². The third-order valence-corrected chi connectivity index (χ3v) is 6.94. The van der Waals surface area contributed by atoms with Gasteiger partial charge in [0.15, 0.2) is 42.0 Å². The highest BCUT2D eigenvalue weighted by Crippen LogP contribution is 2.30. The Morgan fingerprint density at radius 1 is 0.612 bits per heavy atom. The van der Waals surface area contributed by atoms with E-state index in [1.807, 2.05) is 62.4 Å². The summed E-state index contributed by atoms with van der Waals surface area (Å²) in [6.45, 7) is 3.50. The number of hydrogen-bond donors (Lipinski definition) is 3. The van der Waals surface area contributed by atoms with Gasteiger partial charge < -0.3 is 34.7 Å². The van der Waals surface area contributed by atoms with Crippen LogP contribution in [0.1, 0.15) is 22.3 Å². The highest BCUT2D eigenvalue weighted by Gasteiger charge is 2.10. The van der Waals surface area contributed by atoms with Gasteiger partial charge in [-0.25, -0.2) is 0 Å². The van der Waals surface area contributed by atoms with Crippen LogP contribution in [-0.4, -0.2) is 50.1 Å². The Morgan fingerprint density at radius 2 is 1.04 bits per heavy atom. The normalized spacial score (nSPS) is 11.3. The van der Waals surface area contributed by atoms with Crippen molar-refractivity contribution in [3.05, 3.63) is 131 Å². The van der Waals surface area contributed by atoms with E-state index in [4.69, 9.17) is 18.9 Å². The van der Waals surface area contributed by atoms with Crippen molar-refractivity contribution >= 4 is 41.1 Å². The lowest BCUT2D eigenvalue weighted by molar-refractivity contribution is -0.118. The van der Waals surface area contributed by atoms with Gasteiger partial charge in [0.25, 0.3) is 11.8 Å². The van der Waals surface area contributed by atoms with Crippen molar-refractivity contribution in [1.82, 2.24) is 0 Å². The van der Waals surface area contributed by atoms with Gasteiger partial charge in [0, 0.05) is 17.5 Å². The predicted octanol–water partition coefficient (Wildman–Crippen LogP) is 7.09. The van der Waals surface area contributed by atoms with Crippen molar-refractivity contribution in [3.8, 4) is 23.0 Å². The smallest absolute Gasteiger partial charge is 0.262 e. The molecular formula is C39H38N2O8. The fraction of sp³-hybridized carbons (Fsp3) is 0.154. The second-order valence-corrected chi connectivity index (χ2v) is 10.9. The third-order valence-electron chi connectivity index (χ3n) is 6.94. The number of methoxy groups -OCH3 is 2. The average molecular weight is 663 g/mol. The SMILES string of the molecule is COc1cc(/C=C/C(=O)C=C(O)/C=C/c2ccc(OCC(=O)Nc3ccc(C)cc3)c(OC)c2)ccc1OCC(=O)Nc1ccc(C)cc1. The second kappa shape index (κ2) is 17.6. The van der Waals surface area contributed by atoms with Crippen LogP contribution in [0.4, 0.5) is 11.4 Å². The molecule has 4 aromatic carbocycles.